The molecule has 4 heteroatoms. The van der Waals surface area contributed by atoms with Gasteiger partial charge in [-0.1, -0.05) is 35.8 Å². The van der Waals surface area contributed by atoms with E-state index in [0.717, 1.165) is 36.9 Å². The van der Waals surface area contributed by atoms with Crippen molar-refractivity contribution in [3.8, 4) is 0 Å². The summed E-state index contributed by atoms with van der Waals surface area (Å²) >= 11 is 3.60. The lowest BCUT2D eigenvalue weighted by Gasteiger charge is -2.33. The van der Waals surface area contributed by atoms with Crippen molar-refractivity contribution in [2.45, 2.75) is 52.1 Å². The normalized spacial score (nSPS) is 14.0. The maximum atomic E-state index is 6.17. The van der Waals surface area contributed by atoms with Gasteiger partial charge in [-0.05, 0) is 43.9 Å². The molecule has 2 N–H and O–H groups in total. The third-order valence-electron chi connectivity index (χ3n) is 4.02. The zero-order chi connectivity index (χ0) is 15.8. The lowest BCUT2D eigenvalue weighted by molar-refractivity contribution is 0.203. The topological polar surface area (TPSA) is 38.5 Å². The summed E-state index contributed by atoms with van der Waals surface area (Å²) in [4.78, 5) is 2.44. The third-order valence-corrected chi connectivity index (χ3v) is 4.52. The fraction of sp³-hybridized carbons (Fsp3) is 0.647. The Hall–Kier alpha value is -0.580. The molecule has 2 unspecified atom stereocenters. The van der Waals surface area contributed by atoms with Crippen molar-refractivity contribution in [3.63, 3.8) is 0 Å². The number of halogens is 1. The van der Waals surface area contributed by atoms with Crippen molar-refractivity contribution in [1.82, 2.24) is 0 Å². The largest absolute Gasteiger partial charge is 0.383 e. The molecule has 0 amide bonds. The van der Waals surface area contributed by atoms with Gasteiger partial charge in [-0.25, -0.2) is 0 Å². The molecule has 0 saturated carbocycles. The monoisotopic (exact) mass is 356 g/mol. The van der Waals surface area contributed by atoms with Crippen molar-refractivity contribution in [2.75, 3.05) is 25.2 Å². The molecule has 0 fully saturated rings. The second-order valence-corrected chi connectivity index (χ2v) is 6.50. The Morgan fingerprint density at radius 3 is 2.57 bits per heavy atom. The van der Waals surface area contributed by atoms with Crippen molar-refractivity contribution in [3.05, 3.63) is 28.2 Å². The number of nitrogens with two attached hydrogens (primary N) is 1. The summed E-state index contributed by atoms with van der Waals surface area (Å²) in [5.41, 5.74) is 8.77. The second-order valence-electron chi connectivity index (χ2n) is 5.59. The minimum Gasteiger partial charge on any atom is -0.383 e. The molecule has 0 aromatic heterocycles. The van der Waals surface area contributed by atoms with Crippen LogP contribution in [-0.2, 0) is 11.2 Å². The van der Waals surface area contributed by atoms with Crippen molar-refractivity contribution < 1.29 is 4.74 Å². The second kappa shape index (κ2) is 9.44. The first-order valence-electron chi connectivity index (χ1n) is 7.83. The highest BCUT2D eigenvalue weighted by Crippen LogP contribution is 2.28. The number of rotatable bonds is 9. The highest BCUT2D eigenvalue weighted by molar-refractivity contribution is 9.10. The standard InChI is InChI=1S/C17H29BrN2O/c1-5-13(3)20(9-10-21-4)17-12-15(18)8-7-14(17)11-16(19)6-2/h7-8,12-13,16H,5-6,9-11,19H2,1-4H3. The molecule has 1 aromatic rings. The molecule has 3 nitrogen and oxygen atoms in total. The van der Waals surface area contributed by atoms with E-state index >= 15 is 0 Å². The van der Waals surface area contributed by atoms with E-state index in [9.17, 15) is 0 Å². The van der Waals surface area contributed by atoms with Gasteiger partial charge in [-0.15, -0.1) is 0 Å². The van der Waals surface area contributed by atoms with E-state index in [2.05, 4.69) is 59.8 Å². The third kappa shape index (κ3) is 5.61. The maximum Gasteiger partial charge on any atom is 0.0637 e. The van der Waals surface area contributed by atoms with Gasteiger partial charge in [0, 0.05) is 35.9 Å². The summed E-state index contributed by atoms with van der Waals surface area (Å²) in [7, 11) is 1.75. The molecule has 120 valence electrons. The van der Waals surface area contributed by atoms with Crippen LogP contribution in [0.5, 0.6) is 0 Å². The summed E-state index contributed by atoms with van der Waals surface area (Å²) in [6, 6.07) is 7.19. The van der Waals surface area contributed by atoms with Crippen LogP contribution in [-0.4, -0.2) is 32.3 Å². The summed E-state index contributed by atoms with van der Waals surface area (Å²) in [5.74, 6) is 0. The maximum absolute atomic E-state index is 6.17. The van der Waals surface area contributed by atoms with Gasteiger partial charge in [0.2, 0.25) is 0 Å². The SMILES string of the molecule is CCC(N)Cc1ccc(Br)cc1N(CCOC)C(C)CC. The quantitative estimate of drug-likeness (QED) is 0.727. The van der Waals surface area contributed by atoms with Crippen LogP contribution in [0.2, 0.25) is 0 Å². The smallest absolute Gasteiger partial charge is 0.0637 e. The highest BCUT2D eigenvalue weighted by Gasteiger charge is 2.17. The van der Waals surface area contributed by atoms with Gasteiger partial charge in [0.1, 0.15) is 0 Å². The molecular formula is C17H29BrN2O. The summed E-state index contributed by atoms with van der Waals surface area (Å²) in [5, 5.41) is 0. The minimum absolute atomic E-state index is 0.214. The fourth-order valence-corrected chi connectivity index (χ4v) is 2.74. The van der Waals surface area contributed by atoms with Crippen molar-refractivity contribution in [2.24, 2.45) is 5.73 Å². The Kier molecular flexibility index (Phi) is 8.30. The predicted molar refractivity (Wildman–Crippen MR) is 95.1 cm³/mol. The molecule has 0 aliphatic rings. The lowest BCUT2D eigenvalue weighted by Crippen LogP contribution is -2.36. The molecular weight excluding hydrogens is 328 g/mol. The molecule has 0 spiro atoms. The van der Waals surface area contributed by atoms with E-state index in [0.29, 0.717) is 6.04 Å². The molecule has 0 radical (unpaired) electrons. The molecule has 1 rings (SSSR count). The van der Waals surface area contributed by atoms with Gasteiger partial charge in [0.15, 0.2) is 0 Å². The van der Waals surface area contributed by atoms with E-state index < -0.39 is 0 Å². The van der Waals surface area contributed by atoms with Gasteiger partial charge >= 0.3 is 0 Å². The van der Waals surface area contributed by atoms with Crippen LogP contribution in [0.15, 0.2) is 22.7 Å². The zero-order valence-electron chi connectivity index (χ0n) is 13.7. The van der Waals surface area contributed by atoms with Crippen LogP contribution in [0.1, 0.15) is 39.2 Å². The van der Waals surface area contributed by atoms with Gasteiger partial charge in [0.25, 0.3) is 0 Å². The number of anilines is 1. The molecule has 0 aliphatic heterocycles. The molecule has 1 aromatic carbocycles. The molecule has 0 bridgehead atoms. The highest BCUT2D eigenvalue weighted by atomic mass is 79.9. The predicted octanol–water partition coefficient (Wildman–Crippen LogP) is 3.98. The number of ether oxygens (including phenoxy) is 1. The van der Waals surface area contributed by atoms with Gasteiger partial charge < -0.3 is 15.4 Å². The summed E-state index contributed by atoms with van der Waals surface area (Å²) in [6.45, 7) is 8.26. The molecule has 0 aliphatic carbocycles. The first-order valence-corrected chi connectivity index (χ1v) is 8.62. The first kappa shape index (κ1) is 18.5. The average molecular weight is 357 g/mol. The van der Waals surface area contributed by atoms with Crippen LogP contribution in [0, 0.1) is 0 Å². The molecule has 0 saturated heterocycles. The summed E-state index contributed by atoms with van der Waals surface area (Å²) in [6.07, 6.45) is 3.02. The van der Waals surface area contributed by atoms with Crippen LogP contribution >= 0.6 is 15.9 Å². The number of benzene rings is 1. The van der Waals surface area contributed by atoms with Crippen molar-refractivity contribution >= 4 is 21.6 Å². The summed E-state index contributed by atoms with van der Waals surface area (Å²) < 4.78 is 6.39. The Labute approximate surface area is 138 Å². The number of hydrogen-bond donors (Lipinski definition) is 1. The Morgan fingerprint density at radius 1 is 1.29 bits per heavy atom. The van der Waals surface area contributed by atoms with Crippen LogP contribution in [0.4, 0.5) is 5.69 Å². The Bertz CT molecular complexity index is 425. The van der Waals surface area contributed by atoms with Gasteiger partial charge in [0.05, 0.1) is 6.61 Å². The number of nitrogens with zero attached hydrogens (tertiary/aromatic N) is 1. The number of methoxy groups -OCH3 is 1. The Morgan fingerprint density at radius 2 is 2.00 bits per heavy atom. The molecule has 2 atom stereocenters. The van der Waals surface area contributed by atoms with Crippen LogP contribution in [0.3, 0.4) is 0 Å². The zero-order valence-corrected chi connectivity index (χ0v) is 15.3. The van der Waals surface area contributed by atoms with Gasteiger partial charge in [-0.3, -0.25) is 0 Å². The minimum atomic E-state index is 0.214. The van der Waals surface area contributed by atoms with Crippen LogP contribution in [0.25, 0.3) is 0 Å². The van der Waals surface area contributed by atoms with E-state index in [1.165, 1.54) is 11.3 Å². The van der Waals surface area contributed by atoms with E-state index in [1.807, 2.05) is 0 Å². The van der Waals surface area contributed by atoms with Gasteiger partial charge in [-0.2, -0.15) is 0 Å². The van der Waals surface area contributed by atoms with Crippen LogP contribution < -0.4 is 10.6 Å². The fourth-order valence-electron chi connectivity index (χ4n) is 2.39. The molecule has 0 heterocycles. The van der Waals surface area contributed by atoms with Crippen molar-refractivity contribution in [1.29, 1.82) is 0 Å². The molecule has 21 heavy (non-hydrogen) atoms. The van der Waals surface area contributed by atoms with E-state index in [4.69, 9.17) is 10.5 Å². The first-order chi connectivity index (χ1) is 10.0. The average Bonchev–Trinajstić information content (AvgIpc) is 2.49. The Balaban J connectivity index is 3.11. The van der Waals surface area contributed by atoms with E-state index in [-0.39, 0.29) is 6.04 Å². The number of hydrogen-bond acceptors (Lipinski definition) is 3. The lowest BCUT2D eigenvalue weighted by atomic mass is 10.0. The van der Waals surface area contributed by atoms with E-state index in [1.54, 1.807) is 7.11 Å².